The van der Waals surface area contributed by atoms with Gasteiger partial charge in [-0.15, -0.1) is 0 Å². The van der Waals surface area contributed by atoms with Gasteiger partial charge >= 0.3 is 0 Å². The molecule has 6 nitrogen and oxygen atoms in total. The van der Waals surface area contributed by atoms with E-state index in [0.29, 0.717) is 12.2 Å². The van der Waals surface area contributed by atoms with Crippen LogP contribution in [0, 0.1) is 6.92 Å². The van der Waals surface area contributed by atoms with Gasteiger partial charge in [0.05, 0.1) is 18.4 Å². The summed E-state index contributed by atoms with van der Waals surface area (Å²) in [5, 5.41) is 7.03. The number of anilines is 1. The quantitative estimate of drug-likeness (QED) is 0.812. The van der Waals surface area contributed by atoms with Gasteiger partial charge in [-0.25, -0.2) is 8.42 Å². The molecule has 0 aliphatic rings. The molecule has 0 radical (unpaired) electrons. The Morgan fingerprint density at radius 2 is 2.14 bits per heavy atom. The lowest BCUT2D eigenvalue weighted by Crippen LogP contribution is -2.15. The fourth-order valence-electron chi connectivity index (χ4n) is 1.78. The summed E-state index contributed by atoms with van der Waals surface area (Å²) in [7, 11) is -1.79. The van der Waals surface area contributed by atoms with Crippen LogP contribution in [0.25, 0.3) is 0 Å². The summed E-state index contributed by atoms with van der Waals surface area (Å²) in [5.41, 5.74) is 1.40. The number of nitrogens with one attached hydrogen (secondary N) is 2. The topological polar surface area (TPSA) is 76.0 Å². The van der Waals surface area contributed by atoms with Gasteiger partial charge in [0.1, 0.15) is 4.90 Å². The Morgan fingerprint density at radius 1 is 1.38 bits per heavy atom. The molecule has 0 unspecified atom stereocenters. The Labute approximate surface area is 132 Å². The van der Waals surface area contributed by atoms with Crippen molar-refractivity contribution in [2.45, 2.75) is 18.4 Å². The van der Waals surface area contributed by atoms with Crippen LogP contribution >= 0.6 is 15.9 Å². The zero-order valence-electron chi connectivity index (χ0n) is 11.8. The number of aryl methyl sites for hydroxylation is 1. The van der Waals surface area contributed by atoms with E-state index in [-0.39, 0.29) is 4.90 Å². The number of benzene rings is 1. The van der Waals surface area contributed by atoms with E-state index < -0.39 is 10.0 Å². The zero-order valence-corrected chi connectivity index (χ0v) is 14.2. The standard InChI is InChI=1S/C13H17BrN4O2S/c1-10-7-11(14)3-4-13(10)17-21(19,20)12-8-16-18(9-12)6-5-15-2/h3-4,7-9,15,17H,5-6H2,1-2H3. The van der Waals surface area contributed by atoms with E-state index in [2.05, 4.69) is 31.1 Å². The van der Waals surface area contributed by atoms with Gasteiger partial charge in [-0.2, -0.15) is 5.10 Å². The maximum atomic E-state index is 12.3. The summed E-state index contributed by atoms with van der Waals surface area (Å²) in [6.45, 7) is 3.18. The van der Waals surface area contributed by atoms with Crippen LogP contribution in [-0.2, 0) is 16.6 Å². The van der Waals surface area contributed by atoms with Gasteiger partial charge in [-0.3, -0.25) is 9.40 Å². The van der Waals surface area contributed by atoms with Crippen LogP contribution < -0.4 is 10.0 Å². The second-order valence-corrected chi connectivity index (χ2v) is 7.21. The van der Waals surface area contributed by atoms with Crippen molar-refractivity contribution in [1.82, 2.24) is 15.1 Å². The lowest BCUT2D eigenvalue weighted by molar-refractivity contribution is 0.582. The molecule has 0 fully saturated rings. The fourth-order valence-corrected chi connectivity index (χ4v) is 3.34. The molecule has 2 aromatic rings. The first-order valence-corrected chi connectivity index (χ1v) is 8.66. The van der Waals surface area contributed by atoms with Crippen LogP contribution in [0.15, 0.2) is 40.0 Å². The Morgan fingerprint density at radius 3 is 2.81 bits per heavy atom. The molecule has 0 saturated heterocycles. The Hall–Kier alpha value is -1.38. The molecule has 0 spiro atoms. The van der Waals surface area contributed by atoms with Crippen LogP contribution in [0.5, 0.6) is 0 Å². The molecule has 8 heteroatoms. The molecule has 0 amide bonds. The van der Waals surface area contributed by atoms with Crippen molar-refractivity contribution in [3.05, 3.63) is 40.6 Å². The molecule has 21 heavy (non-hydrogen) atoms. The third-order valence-corrected chi connectivity index (χ3v) is 4.76. The molecular weight excluding hydrogens is 356 g/mol. The number of aromatic nitrogens is 2. The average molecular weight is 373 g/mol. The highest BCUT2D eigenvalue weighted by Crippen LogP contribution is 2.22. The van der Waals surface area contributed by atoms with Gasteiger partial charge in [-0.1, -0.05) is 15.9 Å². The van der Waals surface area contributed by atoms with Gasteiger partial charge in [0, 0.05) is 17.2 Å². The first-order chi connectivity index (χ1) is 9.92. The van der Waals surface area contributed by atoms with Crippen LogP contribution in [-0.4, -0.2) is 31.8 Å². The van der Waals surface area contributed by atoms with Crippen molar-refractivity contribution in [3.8, 4) is 0 Å². The summed E-state index contributed by atoms with van der Waals surface area (Å²) >= 11 is 3.35. The molecule has 0 atom stereocenters. The lowest BCUT2D eigenvalue weighted by atomic mass is 10.2. The SMILES string of the molecule is CNCCn1cc(S(=O)(=O)Nc2ccc(Br)cc2C)cn1. The first kappa shape index (κ1) is 16.0. The highest BCUT2D eigenvalue weighted by molar-refractivity contribution is 9.10. The number of hydrogen-bond acceptors (Lipinski definition) is 4. The van der Waals surface area contributed by atoms with Gasteiger partial charge < -0.3 is 5.32 Å². The minimum Gasteiger partial charge on any atom is -0.318 e. The summed E-state index contributed by atoms with van der Waals surface area (Å²) in [4.78, 5) is 0.154. The van der Waals surface area contributed by atoms with Crippen molar-refractivity contribution in [3.63, 3.8) is 0 Å². The predicted molar refractivity (Wildman–Crippen MR) is 85.8 cm³/mol. The minimum absolute atomic E-state index is 0.154. The molecule has 0 saturated carbocycles. The molecule has 2 N–H and O–H groups in total. The van der Waals surface area contributed by atoms with E-state index in [1.165, 1.54) is 12.4 Å². The van der Waals surface area contributed by atoms with E-state index in [4.69, 9.17) is 0 Å². The van der Waals surface area contributed by atoms with Crippen molar-refractivity contribution in [1.29, 1.82) is 0 Å². The number of halogens is 1. The zero-order chi connectivity index (χ0) is 15.5. The highest BCUT2D eigenvalue weighted by Gasteiger charge is 2.17. The summed E-state index contributed by atoms with van der Waals surface area (Å²) < 4.78 is 29.8. The fraction of sp³-hybridized carbons (Fsp3) is 0.308. The maximum absolute atomic E-state index is 12.3. The van der Waals surface area contributed by atoms with Crippen LogP contribution in [0.1, 0.15) is 5.56 Å². The predicted octanol–water partition coefficient (Wildman–Crippen LogP) is 1.97. The smallest absolute Gasteiger partial charge is 0.265 e. The molecule has 114 valence electrons. The number of likely N-dealkylation sites (N-methyl/N-ethyl adjacent to an activating group) is 1. The average Bonchev–Trinajstić information content (AvgIpc) is 2.89. The molecule has 1 heterocycles. The Kier molecular flexibility index (Phi) is 5.02. The minimum atomic E-state index is -3.62. The van der Waals surface area contributed by atoms with Gasteiger partial charge in [0.2, 0.25) is 0 Å². The number of rotatable bonds is 6. The molecule has 0 aliphatic carbocycles. The van der Waals surface area contributed by atoms with E-state index in [1.54, 1.807) is 16.8 Å². The Balaban J connectivity index is 2.19. The second kappa shape index (κ2) is 6.59. The van der Waals surface area contributed by atoms with Crippen molar-refractivity contribution < 1.29 is 8.42 Å². The van der Waals surface area contributed by atoms with Crippen LogP contribution in [0.4, 0.5) is 5.69 Å². The van der Waals surface area contributed by atoms with Crippen molar-refractivity contribution in [2.24, 2.45) is 0 Å². The molecule has 2 rings (SSSR count). The summed E-state index contributed by atoms with van der Waals surface area (Å²) in [5.74, 6) is 0. The van der Waals surface area contributed by atoms with Crippen molar-refractivity contribution in [2.75, 3.05) is 18.3 Å². The molecule has 0 bridgehead atoms. The second-order valence-electron chi connectivity index (χ2n) is 4.61. The lowest BCUT2D eigenvalue weighted by Gasteiger charge is -2.09. The van der Waals surface area contributed by atoms with E-state index in [0.717, 1.165) is 16.6 Å². The monoisotopic (exact) mass is 372 g/mol. The van der Waals surface area contributed by atoms with Crippen molar-refractivity contribution >= 4 is 31.6 Å². The van der Waals surface area contributed by atoms with Crippen LogP contribution in [0.2, 0.25) is 0 Å². The maximum Gasteiger partial charge on any atom is 0.265 e. The molecular formula is C13H17BrN4O2S. The number of sulfonamides is 1. The van der Waals surface area contributed by atoms with Gasteiger partial charge in [0.15, 0.2) is 0 Å². The van der Waals surface area contributed by atoms with Gasteiger partial charge in [0.25, 0.3) is 10.0 Å². The molecule has 0 aliphatic heterocycles. The molecule has 1 aromatic carbocycles. The Bertz CT molecular complexity index is 728. The summed E-state index contributed by atoms with van der Waals surface area (Å²) in [6.07, 6.45) is 2.88. The normalized spacial score (nSPS) is 11.6. The number of nitrogens with zero attached hydrogens (tertiary/aromatic N) is 2. The van der Waals surface area contributed by atoms with E-state index in [9.17, 15) is 8.42 Å². The first-order valence-electron chi connectivity index (χ1n) is 6.38. The van der Waals surface area contributed by atoms with Gasteiger partial charge in [-0.05, 0) is 37.7 Å². The van der Waals surface area contributed by atoms with E-state index >= 15 is 0 Å². The number of hydrogen-bond donors (Lipinski definition) is 2. The highest BCUT2D eigenvalue weighted by atomic mass is 79.9. The molecule has 1 aromatic heterocycles. The summed E-state index contributed by atoms with van der Waals surface area (Å²) in [6, 6.07) is 5.37. The van der Waals surface area contributed by atoms with Crippen LogP contribution in [0.3, 0.4) is 0 Å². The van der Waals surface area contributed by atoms with E-state index in [1.807, 2.05) is 20.0 Å². The largest absolute Gasteiger partial charge is 0.318 e. The third kappa shape index (κ3) is 4.05. The third-order valence-electron chi connectivity index (χ3n) is 2.94.